The fraction of sp³-hybridized carbons (Fsp3) is 0.893. The monoisotopic (exact) mass is 522 g/mol. The van der Waals surface area contributed by atoms with Crippen molar-refractivity contribution in [3.05, 3.63) is 0 Å². The molecular formula is C28H75NO6. The lowest BCUT2D eigenvalue weighted by Gasteiger charge is -2.14. The molecule has 1 amide bonds. The van der Waals surface area contributed by atoms with E-state index < -0.39 is 17.4 Å². The Labute approximate surface area is 224 Å². The van der Waals surface area contributed by atoms with Crippen LogP contribution in [0.4, 0.5) is 0 Å². The summed E-state index contributed by atoms with van der Waals surface area (Å²) in [5, 5.41) is 25.0. The fourth-order valence-corrected chi connectivity index (χ4v) is 0.527. The lowest BCUT2D eigenvalue weighted by molar-refractivity contribution is -0.147. The van der Waals surface area contributed by atoms with E-state index in [1.54, 1.807) is 27.7 Å². The van der Waals surface area contributed by atoms with Gasteiger partial charge in [-0.05, 0) is 46.5 Å². The number of carboxylic acid groups (broad SMARTS) is 2. The summed E-state index contributed by atoms with van der Waals surface area (Å²) in [5.74, 6) is -1.77. The number of aliphatic hydroxyl groups excluding tert-OH is 1. The van der Waals surface area contributed by atoms with Crippen LogP contribution in [-0.2, 0) is 14.4 Å². The maximum atomic E-state index is 10.3. The third kappa shape index (κ3) is 65.4. The van der Waals surface area contributed by atoms with Crippen LogP contribution in [0.25, 0.3) is 0 Å². The molecule has 5 N–H and O–H groups in total. The number of aliphatic carboxylic acids is 2. The first-order valence-corrected chi connectivity index (χ1v) is 9.57. The number of primary amides is 1. The van der Waals surface area contributed by atoms with E-state index in [9.17, 15) is 14.4 Å². The summed E-state index contributed by atoms with van der Waals surface area (Å²) < 4.78 is 0. The Balaban J connectivity index is -0.0000000189. The van der Waals surface area contributed by atoms with Gasteiger partial charge in [-0.1, -0.05) is 101 Å². The number of rotatable bonds is 7. The molecular weight excluding hydrogens is 446 g/mol. The van der Waals surface area contributed by atoms with E-state index >= 15 is 0 Å². The van der Waals surface area contributed by atoms with Crippen molar-refractivity contribution in [1.29, 1.82) is 0 Å². The molecule has 228 valence electrons. The minimum absolute atomic E-state index is 0. The van der Waals surface area contributed by atoms with Crippen molar-refractivity contribution in [1.82, 2.24) is 0 Å². The lowest BCUT2D eigenvalue weighted by Crippen LogP contribution is -2.21. The smallest absolute Gasteiger partial charge is 0.309 e. The molecule has 0 aromatic heterocycles. The quantitative estimate of drug-likeness (QED) is 0.263. The second-order valence-corrected chi connectivity index (χ2v) is 7.16. The summed E-state index contributed by atoms with van der Waals surface area (Å²) in [6.07, 6.45) is 2.99. The van der Waals surface area contributed by atoms with Crippen LogP contribution >= 0.6 is 0 Å². The second-order valence-electron chi connectivity index (χ2n) is 7.16. The first kappa shape index (κ1) is 76.6. The maximum Gasteiger partial charge on any atom is 0.309 e. The van der Waals surface area contributed by atoms with Gasteiger partial charge in [-0.25, -0.2) is 0 Å². The number of hydrogen-bond donors (Lipinski definition) is 4. The van der Waals surface area contributed by atoms with Gasteiger partial charge in [0.25, 0.3) is 0 Å². The molecule has 0 aliphatic rings. The number of carboxylic acids is 2. The molecule has 3 atom stereocenters. The van der Waals surface area contributed by atoms with E-state index in [0.717, 1.165) is 19.3 Å². The van der Waals surface area contributed by atoms with Crippen molar-refractivity contribution in [3.8, 4) is 0 Å². The first-order chi connectivity index (χ1) is 12.1. The average molecular weight is 522 g/mol. The third-order valence-electron chi connectivity index (χ3n) is 4.19. The largest absolute Gasteiger partial charge is 0.481 e. The second kappa shape index (κ2) is 45.8. The molecule has 35 heavy (non-hydrogen) atoms. The Morgan fingerprint density at radius 1 is 0.686 bits per heavy atom. The SMILES string of the molecule is C.C.C.C.C.C.C.C.CCC(C)(C)C(=O)O.CCC(C)C(=O)O.CCC(C)C(N)=O.CCC(C)O. The predicted octanol–water partition coefficient (Wildman–Crippen LogP) is 9.01. The van der Waals surface area contributed by atoms with Crippen LogP contribution in [-0.4, -0.2) is 39.3 Å². The number of carbonyl (C=O) groups excluding carboxylic acids is 1. The molecule has 0 bridgehead atoms. The van der Waals surface area contributed by atoms with Gasteiger partial charge < -0.3 is 21.1 Å². The summed E-state index contributed by atoms with van der Waals surface area (Å²) in [4.78, 5) is 30.3. The zero-order chi connectivity index (χ0) is 22.8. The van der Waals surface area contributed by atoms with Gasteiger partial charge in [-0.15, -0.1) is 0 Å². The molecule has 0 aromatic carbocycles. The van der Waals surface area contributed by atoms with Crippen LogP contribution in [0.1, 0.15) is 147 Å². The Hall–Kier alpha value is -1.63. The van der Waals surface area contributed by atoms with E-state index in [1.165, 1.54) is 0 Å². The normalized spacial score (nSPS) is 10.1. The van der Waals surface area contributed by atoms with Gasteiger partial charge in [-0.3, -0.25) is 14.4 Å². The van der Waals surface area contributed by atoms with E-state index in [-0.39, 0.29) is 83.3 Å². The van der Waals surface area contributed by atoms with Crippen LogP contribution < -0.4 is 5.73 Å². The van der Waals surface area contributed by atoms with Crippen molar-refractivity contribution in [2.75, 3.05) is 0 Å². The zero-order valence-corrected chi connectivity index (χ0v) is 18.7. The fourth-order valence-electron chi connectivity index (χ4n) is 0.527. The van der Waals surface area contributed by atoms with Gasteiger partial charge in [0.05, 0.1) is 17.4 Å². The van der Waals surface area contributed by atoms with Crippen molar-refractivity contribution in [3.63, 3.8) is 0 Å². The van der Waals surface area contributed by atoms with Crippen molar-refractivity contribution < 1.29 is 29.7 Å². The summed E-state index contributed by atoms with van der Waals surface area (Å²) in [6, 6.07) is 0. The molecule has 0 saturated carbocycles. The van der Waals surface area contributed by atoms with Crippen molar-refractivity contribution in [2.45, 2.75) is 154 Å². The Kier molecular flexibility index (Phi) is 100. The van der Waals surface area contributed by atoms with Crippen LogP contribution in [0.5, 0.6) is 0 Å². The van der Waals surface area contributed by atoms with E-state index in [4.69, 9.17) is 21.1 Å². The first-order valence-electron chi connectivity index (χ1n) is 9.57. The third-order valence-corrected chi connectivity index (χ3v) is 4.19. The predicted molar refractivity (Wildman–Crippen MR) is 163 cm³/mol. The molecule has 3 unspecified atom stereocenters. The van der Waals surface area contributed by atoms with E-state index in [0.29, 0.717) is 6.42 Å². The van der Waals surface area contributed by atoms with Crippen molar-refractivity contribution >= 4 is 17.8 Å². The van der Waals surface area contributed by atoms with Gasteiger partial charge in [0.15, 0.2) is 0 Å². The molecule has 7 heteroatoms. The number of hydrogen-bond acceptors (Lipinski definition) is 4. The Bertz CT molecular complexity index is 377. The minimum atomic E-state index is -0.722. The molecule has 0 aliphatic heterocycles. The topological polar surface area (TPSA) is 138 Å². The highest BCUT2D eigenvalue weighted by atomic mass is 16.4. The Morgan fingerprint density at radius 2 is 0.943 bits per heavy atom. The van der Waals surface area contributed by atoms with Crippen molar-refractivity contribution in [2.24, 2.45) is 23.0 Å². The van der Waals surface area contributed by atoms with Crippen LogP contribution in [0.3, 0.4) is 0 Å². The number of carbonyl (C=O) groups is 3. The molecule has 0 aromatic rings. The number of nitrogens with two attached hydrogens (primary N) is 1. The van der Waals surface area contributed by atoms with Gasteiger partial charge in [0, 0.05) is 5.92 Å². The van der Waals surface area contributed by atoms with Gasteiger partial charge in [0.2, 0.25) is 5.91 Å². The molecule has 0 spiro atoms. The van der Waals surface area contributed by atoms with Gasteiger partial charge in [-0.2, -0.15) is 0 Å². The molecule has 0 fully saturated rings. The average Bonchev–Trinajstić information content (AvgIpc) is 2.61. The molecule has 0 saturated heterocycles. The van der Waals surface area contributed by atoms with Gasteiger partial charge >= 0.3 is 11.9 Å². The molecule has 0 rings (SSSR count). The minimum Gasteiger partial charge on any atom is -0.481 e. The van der Waals surface area contributed by atoms with E-state index in [2.05, 4.69) is 0 Å². The summed E-state index contributed by atoms with van der Waals surface area (Å²) in [6.45, 7) is 16.3. The molecule has 0 aliphatic carbocycles. The van der Waals surface area contributed by atoms with Crippen LogP contribution in [0.2, 0.25) is 0 Å². The highest BCUT2D eigenvalue weighted by Crippen LogP contribution is 2.18. The van der Waals surface area contributed by atoms with Crippen LogP contribution in [0.15, 0.2) is 0 Å². The van der Waals surface area contributed by atoms with Crippen LogP contribution in [0, 0.1) is 17.3 Å². The molecule has 0 radical (unpaired) electrons. The maximum absolute atomic E-state index is 10.3. The summed E-state index contributed by atoms with van der Waals surface area (Å²) >= 11 is 0. The van der Waals surface area contributed by atoms with E-state index in [1.807, 2.05) is 34.6 Å². The number of aliphatic hydroxyl groups is 1. The standard InChI is InChI=1S/C6H12O2.C5H11NO.C5H10O2.C4H10O.8CH4/c1-4-6(2,3)5(7)8;2*1-3-4(2)5(6)7;1-3-4(2)5;;;;;;;;/h4H2,1-3H3,(H,7,8);4H,3H2,1-2H3,(H2,6,7);4H,3H2,1-2H3,(H,6,7);4-5H,3H2,1-2H3;8*1H4. The highest BCUT2D eigenvalue weighted by molar-refractivity contribution is 5.76. The molecule has 7 nitrogen and oxygen atoms in total. The molecule has 0 heterocycles. The highest BCUT2D eigenvalue weighted by Gasteiger charge is 2.23. The summed E-state index contributed by atoms with van der Waals surface area (Å²) in [5.41, 5.74) is 4.37. The lowest BCUT2D eigenvalue weighted by atomic mass is 9.91. The number of amides is 1. The van der Waals surface area contributed by atoms with Gasteiger partial charge in [0.1, 0.15) is 0 Å². The zero-order valence-electron chi connectivity index (χ0n) is 18.7. The Morgan fingerprint density at radius 3 is 0.943 bits per heavy atom. The summed E-state index contributed by atoms with van der Waals surface area (Å²) in [7, 11) is 0.